The zero-order valence-corrected chi connectivity index (χ0v) is 17.3. The van der Waals surface area contributed by atoms with Gasteiger partial charge >= 0.3 is 10.2 Å². The van der Waals surface area contributed by atoms with Gasteiger partial charge in [0.1, 0.15) is 11.3 Å². The molecule has 1 aromatic carbocycles. The summed E-state index contributed by atoms with van der Waals surface area (Å²) < 4.78 is 47.4. The number of benzene rings is 1. The fourth-order valence-corrected chi connectivity index (χ4v) is 4.61. The standard InChI is InChI=1S/C19H23FN6O3S/c1-21-30(27,28)26(18-22-9-2-10-23-18)12-13-3-6-15(7-4-13)24-19-25-16-8-5-14(20)11-17(16)29-19/h2,5,8-11,13,15,21H,3-4,6-7,12H2,1H3,(H,24,25). The van der Waals surface area contributed by atoms with Gasteiger partial charge in [-0.25, -0.2) is 23.4 Å². The normalized spacial score (nSPS) is 19.7. The average molecular weight is 434 g/mol. The van der Waals surface area contributed by atoms with E-state index in [2.05, 4.69) is 25.0 Å². The third-order valence-electron chi connectivity index (χ3n) is 5.27. The molecule has 0 unspecified atom stereocenters. The molecule has 1 aliphatic rings. The molecule has 160 valence electrons. The minimum atomic E-state index is -3.71. The van der Waals surface area contributed by atoms with Crippen molar-refractivity contribution in [2.75, 3.05) is 23.2 Å². The lowest BCUT2D eigenvalue weighted by Crippen LogP contribution is -2.43. The zero-order chi connectivity index (χ0) is 21.1. The molecule has 1 aliphatic carbocycles. The first kappa shape index (κ1) is 20.5. The summed E-state index contributed by atoms with van der Waals surface area (Å²) in [4.78, 5) is 12.5. The number of rotatable bonds is 7. The number of halogens is 1. The zero-order valence-electron chi connectivity index (χ0n) is 16.5. The maximum atomic E-state index is 13.3. The molecule has 3 aromatic rings. The first-order valence-corrected chi connectivity index (χ1v) is 11.2. The van der Waals surface area contributed by atoms with Gasteiger partial charge in [-0.3, -0.25) is 0 Å². The third-order valence-corrected chi connectivity index (χ3v) is 6.68. The van der Waals surface area contributed by atoms with Gasteiger partial charge in [0, 0.05) is 38.1 Å². The molecule has 9 nitrogen and oxygen atoms in total. The van der Waals surface area contributed by atoms with Crippen LogP contribution in [0.2, 0.25) is 0 Å². The molecule has 2 aromatic heterocycles. The molecule has 0 atom stereocenters. The Morgan fingerprint density at radius 1 is 1.20 bits per heavy atom. The van der Waals surface area contributed by atoms with Gasteiger partial charge < -0.3 is 9.73 Å². The SMILES string of the molecule is CNS(=O)(=O)N(CC1CCC(Nc2nc3ccc(F)cc3o2)CC1)c1ncccn1. The van der Waals surface area contributed by atoms with Crippen LogP contribution in [-0.2, 0) is 10.2 Å². The van der Waals surface area contributed by atoms with Crippen LogP contribution < -0.4 is 14.3 Å². The van der Waals surface area contributed by atoms with Crippen LogP contribution in [0.25, 0.3) is 11.1 Å². The molecule has 1 fully saturated rings. The van der Waals surface area contributed by atoms with Crippen LogP contribution >= 0.6 is 0 Å². The van der Waals surface area contributed by atoms with Gasteiger partial charge in [0.25, 0.3) is 6.01 Å². The van der Waals surface area contributed by atoms with E-state index < -0.39 is 10.2 Å². The van der Waals surface area contributed by atoms with E-state index in [1.165, 1.54) is 35.9 Å². The molecule has 11 heteroatoms. The molecule has 0 bridgehead atoms. The van der Waals surface area contributed by atoms with Crippen molar-refractivity contribution in [3.63, 3.8) is 0 Å². The van der Waals surface area contributed by atoms with Crippen molar-refractivity contribution in [3.05, 3.63) is 42.5 Å². The van der Waals surface area contributed by atoms with Crippen molar-refractivity contribution in [1.29, 1.82) is 0 Å². The topological polar surface area (TPSA) is 113 Å². The fraction of sp³-hybridized carbons (Fsp3) is 0.421. The lowest BCUT2D eigenvalue weighted by molar-refractivity contribution is 0.341. The molecule has 0 amide bonds. The van der Waals surface area contributed by atoms with Gasteiger partial charge in [0.15, 0.2) is 5.58 Å². The van der Waals surface area contributed by atoms with Crippen LogP contribution in [0.1, 0.15) is 25.7 Å². The molecular weight excluding hydrogens is 411 g/mol. The Morgan fingerprint density at radius 3 is 2.63 bits per heavy atom. The number of aromatic nitrogens is 3. The first-order valence-electron chi connectivity index (χ1n) is 9.75. The first-order chi connectivity index (χ1) is 14.4. The molecule has 2 N–H and O–H groups in total. The highest BCUT2D eigenvalue weighted by molar-refractivity contribution is 7.90. The van der Waals surface area contributed by atoms with Gasteiger partial charge in [-0.2, -0.15) is 13.4 Å². The Kier molecular flexibility index (Phi) is 5.82. The second kappa shape index (κ2) is 8.52. The van der Waals surface area contributed by atoms with Crippen molar-refractivity contribution in [2.24, 2.45) is 5.92 Å². The van der Waals surface area contributed by atoms with Crippen LogP contribution in [0.5, 0.6) is 0 Å². The van der Waals surface area contributed by atoms with Crippen LogP contribution in [0.3, 0.4) is 0 Å². The van der Waals surface area contributed by atoms with E-state index in [4.69, 9.17) is 4.42 Å². The van der Waals surface area contributed by atoms with Gasteiger partial charge in [-0.15, -0.1) is 0 Å². The van der Waals surface area contributed by atoms with E-state index in [1.807, 2.05) is 0 Å². The molecule has 0 saturated heterocycles. The van der Waals surface area contributed by atoms with Crippen molar-refractivity contribution < 1.29 is 17.2 Å². The van der Waals surface area contributed by atoms with Gasteiger partial charge in [0.05, 0.1) is 0 Å². The largest absolute Gasteiger partial charge is 0.423 e. The van der Waals surface area contributed by atoms with Crippen LogP contribution in [-0.4, -0.2) is 43.0 Å². The second-order valence-electron chi connectivity index (χ2n) is 7.28. The fourth-order valence-electron chi connectivity index (χ4n) is 3.68. The molecule has 0 spiro atoms. The number of nitrogens with zero attached hydrogens (tertiary/aromatic N) is 4. The number of nitrogens with one attached hydrogen (secondary N) is 2. The summed E-state index contributed by atoms with van der Waals surface area (Å²) in [5.74, 6) is -0.0345. The summed E-state index contributed by atoms with van der Waals surface area (Å²) in [5, 5.41) is 3.27. The number of hydrogen-bond donors (Lipinski definition) is 2. The van der Waals surface area contributed by atoms with Crippen LogP contribution in [0.4, 0.5) is 16.4 Å². The van der Waals surface area contributed by atoms with E-state index in [-0.39, 0.29) is 23.7 Å². The maximum Gasteiger partial charge on any atom is 0.303 e. The number of hydrogen-bond acceptors (Lipinski definition) is 7. The van der Waals surface area contributed by atoms with Crippen molar-refractivity contribution >= 4 is 33.3 Å². The molecule has 30 heavy (non-hydrogen) atoms. The highest BCUT2D eigenvalue weighted by Gasteiger charge is 2.29. The summed E-state index contributed by atoms with van der Waals surface area (Å²) in [7, 11) is -2.33. The third kappa shape index (κ3) is 4.51. The van der Waals surface area contributed by atoms with E-state index in [1.54, 1.807) is 12.1 Å². The minimum absolute atomic E-state index is 0.154. The number of anilines is 2. The predicted molar refractivity (Wildman–Crippen MR) is 111 cm³/mol. The van der Waals surface area contributed by atoms with E-state index >= 15 is 0 Å². The minimum Gasteiger partial charge on any atom is -0.423 e. The maximum absolute atomic E-state index is 13.3. The summed E-state index contributed by atoms with van der Waals surface area (Å²) in [6.45, 7) is 0.308. The Morgan fingerprint density at radius 2 is 1.93 bits per heavy atom. The molecular formula is C19H23FN6O3S. The highest BCUT2D eigenvalue weighted by Crippen LogP contribution is 2.29. The smallest absolute Gasteiger partial charge is 0.303 e. The van der Waals surface area contributed by atoms with Crippen molar-refractivity contribution in [1.82, 2.24) is 19.7 Å². The Bertz CT molecular complexity index is 1100. The lowest BCUT2D eigenvalue weighted by atomic mass is 9.86. The summed E-state index contributed by atoms with van der Waals surface area (Å²) in [5.41, 5.74) is 1.00. The van der Waals surface area contributed by atoms with Gasteiger partial charge in [0.2, 0.25) is 5.95 Å². The van der Waals surface area contributed by atoms with Gasteiger partial charge in [-0.1, -0.05) is 0 Å². The van der Waals surface area contributed by atoms with Crippen molar-refractivity contribution in [3.8, 4) is 0 Å². The quantitative estimate of drug-likeness (QED) is 0.588. The van der Waals surface area contributed by atoms with Crippen LogP contribution in [0, 0.1) is 11.7 Å². The molecule has 1 saturated carbocycles. The Labute approximate surface area is 173 Å². The Hall–Kier alpha value is -2.79. The second-order valence-corrected chi connectivity index (χ2v) is 9.08. The van der Waals surface area contributed by atoms with Crippen LogP contribution in [0.15, 0.2) is 41.1 Å². The van der Waals surface area contributed by atoms with E-state index in [0.29, 0.717) is 23.7 Å². The average Bonchev–Trinajstić information content (AvgIpc) is 3.15. The summed E-state index contributed by atoms with van der Waals surface area (Å²) in [6, 6.07) is 6.41. The molecule has 0 radical (unpaired) electrons. The Balaban J connectivity index is 1.38. The molecule has 2 heterocycles. The molecule has 4 rings (SSSR count). The molecule has 0 aliphatic heterocycles. The number of fused-ring (bicyclic) bond motifs is 1. The van der Waals surface area contributed by atoms with E-state index in [9.17, 15) is 12.8 Å². The van der Waals surface area contributed by atoms with Crippen molar-refractivity contribution in [2.45, 2.75) is 31.7 Å². The summed E-state index contributed by atoms with van der Waals surface area (Å²) >= 11 is 0. The van der Waals surface area contributed by atoms with E-state index in [0.717, 1.165) is 25.7 Å². The number of oxazole rings is 1. The highest BCUT2D eigenvalue weighted by atomic mass is 32.2. The predicted octanol–water partition coefficient (Wildman–Crippen LogP) is 2.70. The monoisotopic (exact) mass is 434 g/mol. The van der Waals surface area contributed by atoms with Gasteiger partial charge in [-0.05, 0) is 49.8 Å². The lowest BCUT2D eigenvalue weighted by Gasteiger charge is -2.32. The summed E-state index contributed by atoms with van der Waals surface area (Å²) in [6.07, 6.45) is 6.37.